The number of nitrogens with one attached hydrogen (secondary N) is 1. The van der Waals surface area contributed by atoms with Gasteiger partial charge in [0.2, 0.25) is 0 Å². The molecule has 0 radical (unpaired) electrons. The minimum atomic E-state index is -0.0555. The molecule has 13 heavy (non-hydrogen) atoms. The molecule has 2 aromatic heterocycles. The molecule has 2 aromatic rings. The van der Waals surface area contributed by atoms with E-state index in [4.69, 9.17) is 11.8 Å². The zero-order valence-electron chi connectivity index (χ0n) is 6.39. The van der Waals surface area contributed by atoms with Crippen molar-refractivity contribution in [2.75, 3.05) is 0 Å². The third-order valence-electron chi connectivity index (χ3n) is 1.45. The highest BCUT2D eigenvalue weighted by molar-refractivity contribution is 5.75. The van der Waals surface area contributed by atoms with Gasteiger partial charge in [-0.3, -0.25) is 0 Å². The largest absolute Gasteiger partial charge is 0.389 e. The summed E-state index contributed by atoms with van der Waals surface area (Å²) < 4.78 is 0. The number of nitrogens with zero attached hydrogens (tertiary/aromatic N) is 3. The van der Waals surface area contributed by atoms with E-state index < -0.39 is 0 Å². The number of hydrogen-bond acceptors (Lipinski definition) is 7. The molecule has 0 bridgehead atoms. The summed E-state index contributed by atoms with van der Waals surface area (Å²) in [4.78, 5) is 23.0. The Labute approximate surface area is 71.8 Å². The summed E-state index contributed by atoms with van der Waals surface area (Å²) in [6, 6.07) is -0.0555. The Bertz CT molecular complexity index is 426. The molecule has 0 aliphatic carbocycles. The molecule has 8 heteroatoms. The minimum absolute atomic E-state index is 0.0555. The van der Waals surface area contributed by atoms with Crippen LogP contribution in [0.2, 0.25) is 0 Å². The number of aromatic nitrogens is 4. The number of fused-ring (bicyclic) bond motifs is 1. The van der Waals surface area contributed by atoms with Gasteiger partial charge in [0.1, 0.15) is 0 Å². The lowest BCUT2D eigenvalue weighted by atomic mass is 10.5. The van der Waals surface area contributed by atoms with Crippen LogP contribution in [-0.4, -0.2) is 19.9 Å². The quantitative estimate of drug-likeness (QED) is 0.501. The van der Waals surface area contributed by atoms with Crippen molar-refractivity contribution in [1.29, 1.82) is 0 Å². The third kappa shape index (κ3) is 1.13. The summed E-state index contributed by atoms with van der Waals surface area (Å²) in [6.07, 6.45) is 1.43. The van der Waals surface area contributed by atoms with Gasteiger partial charge in [0.15, 0.2) is 11.2 Å². The molecule has 0 amide bonds. The van der Waals surface area contributed by atoms with Crippen LogP contribution in [0.1, 0.15) is 0 Å². The van der Waals surface area contributed by atoms with Crippen molar-refractivity contribution in [1.82, 2.24) is 19.9 Å². The smallest absolute Gasteiger partial charge is 0.341 e. The van der Waals surface area contributed by atoms with Crippen molar-refractivity contribution in [3.8, 4) is 11.9 Å². The lowest BCUT2D eigenvalue weighted by Gasteiger charge is -1.99. The van der Waals surface area contributed by atoms with Gasteiger partial charge in [0, 0.05) is 0 Å². The van der Waals surface area contributed by atoms with Crippen molar-refractivity contribution in [3.05, 3.63) is 6.33 Å². The molecule has 2 rings (SSSR count). The monoisotopic (exact) mass is 182 g/mol. The highest BCUT2D eigenvalue weighted by atomic mass is 16.6. The standard InChI is InChI=1S/C5H6N6O2/c6-12-4-2-3(9-1-8-2)10-5(11-4)13-7/h1H,6-7H2,(H,8,9,10,11). The molecule has 8 nitrogen and oxygen atoms in total. The molecule has 0 unspecified atom stereocenters. The summed E-state index contributed by atoms with van der Waals surface area (Å²) in [6.45, 7) is 0. The van der Waals surface area contributed by atoms with Crippen molar-refractivity contribution >= 4 is 11.2 Å². The Morgan fingerprint density at radius 3 is 2.77 bits per heavy atom. The predicted octanol–water partition coefficient (Wildman–Crippen LogP) is -1.14. The van der Waals surface area contributed by atoms with Crippen LogP contribution in [0.15, 0.2) is 6.33 Å². The van der Waals surface area contributed by atoms with E-state index in [0.29, 0.717) is 11.2 Å². The number of H-pyrrole nitrogens is 1. The maximum atomic E-state index is 4.96. The fourth-order valence-electron chi connectivity index (χ4n) is 0.926. The molecule has 0 spiro atoms. The zero-order valence-corrected chi connectivity index (χ0v) is 6.39. The second kappa shape index (κ2) is 2.84. The first-order valence-corrected chi connectivity index (χ1v) is 3.29. The molecule has 5 N–H and O–H groups in total. The second-order valence-electron chi connectivity index (χ2n) is 2.15. The van der Waals surface area contributed by atoms with Crippen LogP contribution in [-0.2, 0) is 0 Å². The van der Waals surface area contributed by atoms with Crippen molar-refractivity contribution < 1.29 is 9.68 Å². The second-order valence-corrected chi connectivity index (χ2v) is 2.15. The van der Waals surface area contributed by atoms with E-state index in [1.807, 2.05) is 0 Å². The summed E-state index contributed by atoms with van der Waals surface area (Å²) in [7, 11) is 0. The number of aromatic amines is 1. The van der Waals surface area contributed by atoms with Crippen LogP contribution in [0.5, 0.6) is 11.9 Å². The lowest BCUT2D eigenvalue weighted by Crippen LogP contribution is -2.09. The Balaban J connectivity index is 2.70. The maximum absolute atomic E-state index is 4.96. The predicted molar refractivity (Wildman–Crippen MR) is 41.3 cm³/mol. The van der Waals surface area contributed by atoms with E-state index in [-0.39, 0.29) is 11.9 Å². The van der Waals surface area contributed by atoms with Crippen molar-refractivity contribution in [2.45, 2.75) is 0 Å². The average molecular weight is 182 g/mol. The van der Waals surface area contributed by atoms with Gasteiger partial charge in [-0.15, -0.1) is 0 Å². The van der Waals surface area contributed by atoms with Crippen LogP contribution in [0.3, 0.4) is 0 Å². The van der Waals surface area contributed by atoms with Crippen molar-refractivity contribution in [3.63, 3.8) is 0 Å². The Hall–Kier alpha value is -1.93. The molecular formula is C5H6N6O2. The van der Waals surface area contributed by atoms with E-state index in [1.54, 1.807) is 0 Å². The molecule has 0 saturated heterocycles. The summed E-state index contributed by atoms with van der Waals surface area (Å²) >= 11 is 0. The van der Waals surface area contributed by atoms with E-state index in [9.17, 15) is 0 Å². The van der Waals surface area contributed by atoms with Gasteiger partial charge in [-0.05, 0) is 0 Å². The van der Waals surface area contributed by atoms with E-state index >= 15 is 0 Å². The van der Waals surface area contributed by atoms with Crippen molar-refractivity contribution in [2.24, 2.45) is 11.8 Å². The van der Waals surface area contributed by atoms with Gasteiger partial charge in [-0.25, -0.2) is 4.98 Å². The Morgan fingerprint density at radius 1 is 1.23 bits per heavy atom. The average Bonchev–Trinajstić information content (AvgIpc) is 2.63. The van der Waals surface area contributed by atoms with Crippen LogP contribution < -0.4 is 21.5 Å². The Morgan fingerprint density at radius 2 is 2.08 bits per heavy atom. The van der Waals surface area contributed by atoms with Gasteiger partial charge in [0.05, 0.1) is 6.33 Å². The fourth-order valence-corrected chi connectivity index (χ4v) is 0.926. The maximum Gasteiger partial charge on any atom is 0.341 e. The first kappa shape index (κ1) is 7.71. The van der Waals surface area contributed by atoms with Gasteiger partial charge in [-0.1, -0.05) is 0 Å². The first-order valence-electron chi connectivity index (χ1n) is 3.29. The molecule has 0 aromatic carbocycles. The highest BCUT2D eigenvalue weighted by Crippen LogP contribution is 2.19. The van der Waals surface area contributed by atoms with Gasteiger partial charge in [0.25, 0.3) is 5.88 Å². The van der Waals surface area contributed by atoms with Crippen LogP contribution in [0.4, 0.5) is 0 Å². The third-order valence-corrected chi connectivity index (χ3v) is 1.45. The number of nitrogens with two attached hydrogens (primary N) is 2. The highest BCUT2D eigenvalue weighted by Gasteiger charge is 2.10. The molecular weight excluding hydrogens is 176 g/mol. The summed E-state index contributed by atoms with van der Waals surface area (Å²) in [5, 5.41) is 0. The molecule has 0 aliphatic heterocycles. The molecule has 0 atom stereocenters. The van der Waals surface area contributed by atoms with E-state index in [0.717, 1.165) is 0 Å². The van der Waals surface area contributed by atoms with Gasteiger partial charge < -0.3 is 14.7 Å². The molecule has 0 saturated carbocycles. The normalized spacial score (nSPS) is 10.3. The molecule has 0 aliphatic rings. The van der Waals surface area contributed by atoms with Crippen LogP contribution in [0, 0.1) is 0 Å². The van der Waals surface area contributed by atoms with E-state index in [2.05, 4.69) is 29.6 Å². The SMILES string of the molecule is NOc1nc(ON)c2[nH]cnc2n1. The number of imidazole rings is 1. The lowest BCUT2D eigenvalue weighted by molar-refractivity contribution is 0.285. The topological polar surface area (TPSA) is 125 Å². The first-order chi connectivity index (χ1) is 6.35. The van der Waals surface area contributed by atoms with Gasteiger partial charge >= 0.3 is 6.01 Å². The minimum Gasteiger partial charge on any atom is -0.389 e. The van der Waals surface area contributed by atoms with E-state index in [1.165, 1.54) is 6.33 Å². The summed E-state index contributed by atoms with van der Waals surface area (Å²) in [5.41, 5.74) is 0.860. The Kier molecular flexibility index (Phi) is 1.69. The zero-order chi connectivity index (χ0) is 9.26. The summed E-state index contributed by atoms with van der Waals surface area (Å²) in [5.74, 6) is 9.97. The number of rotatable bonds is 2. The van der Waals surface area contributed by atoms with Crippen LogP contribution >= 0.6 is 0 Å². The van der Waals surface area contributed by atoms with Crippen LogP contribution in [0.25, 0.3) is 11.2 Å². The molecule has 68 valence electrons. The molecule has 0 fully saturated rings. The fraction of sp³-hybridized carbons (Fsp3) is 0. The van der Waals surface area contributed by atoms with Gasteiger partial charge in [-0.2, -0.15) is 21.8 Å². The number of hydrogen-bond donors (Lipinski definition) is 3. The molecule has 2 heterocycles.